The van der Waals surface area contributed by atoms with E-state index in [1.165, 1.54) is 0 Å². The predicted molar refractivity (Wildman–Crippen MR) is 50.9 cm³/mol. The van der Waals surface area contributed by atoms with Crippen molar-refractivity contribution < 1.29 is 4.79 Å². The Labute approximate surface area is 79.9 Å². The Kier molecular flexibility index (Phi) is 3.95. The molecule has 0 aliphatic heterocycles. The molecule has 13 heavy (non-hydrogen) atoms. The molecule has 1 unspecified atom stereocenters. The van der Waals surface area contributed by atoms with Crippen LogP contribution in [-0.2, 0) is 4.79 Å². The maximum absolute atomic E-state index is 10.5. The molecule has 0 N–H and O–H groups in total. The fraction of sp³-hybridized carbons (Fsp3) is 0.818. The first-order valence-electron chi connectivity index (χ1n) is 5.16. The van der Waals surface area contributed by atoms with Crippen molar-refractivity contribution in [3.8, 4) is 6.07 Å². The van der Waals surface area contributed by atoms with Crippen LogP contribution >= 0.6 is 0 Å². The van der Waals surface area contributed by atoms with Crippen LogP contribution in [0.4, 0.5) is 0 Å². The molecule has 1 fully saturated rings. The van der Waals surface area contributed by atoms with Gasteiger partial charge in [-0.15, -0.1) is 0 Å². The first kappa shape index (κ1) is 10.2. The third-order valence-corrected chi connectivity index (χ3v) is 3.18. The third kappa shape index (κ3) is 2.55. The van der Waals surface area contributed by atoms with Crippen molar-refractivity contribution in [1.82, 2.24) is 0 Å². The number of hydrogen-bond acceptors (Lipinski definition) is 2. The van der Waals surface area contributed by atoms with Gasteiger partial charge in [0.2, 0.25) is 0 Å². The highest BCUT2D eigenvalue weighted by Crippen LogP contribution is 2.33. The number of rotatable bonds is 3. The van der Waals surface area contributed by atoms with Crippen LogP contribution in [0.2, 0.25) is 0 Å². The standard InChI is InChI=1S/C11H17NO/c1-2-10(7-12)11-5-3-9(8-13)4-6-11/h8-11H,2-6H2,1H3. The van der Waals surface area contributed by atoms with E-state index < -0.39 is 0 Å². The molecule has 0 saturated heterocycles. The Morgan fingerprint density at radius 3 is 2.46 bits per heavy atom. The molecule has 1 rings (SSSR count). The average molecular weight is 179 g/mol. The van der Waals surface area contributed by atoms with Gasteiger partial charge in [0.1, 0.15) is 6.29 Å². The second-order valence-corrected chi connectivity index (χ2v) is 3.95. The molecule has 1 aliphatic carbocycles. The highest BCUT2D eigenvalue weighted by molar-refractivity contribution is 5.53. The van der Waals surface area contributed by atoms with Crippen molar-refractivity contribution in [3.63, 3.8) is 0 Å². The number of hydrogen-bond donors (Lipinski definition) is 0. The fourth-order valence-electron chi connectivity index (χ4n) is 2.21. The maximum Gasteiger partial charge on any atom is 0.123 e. The quantitative estimate of drug-likeness (QED) is 0.625. The van der Waals surface area contributed by atoms with Gasteiger partial charge < -0.3 is 4.79 Å². The Morgan fingerprint density at radius 2 is 2.08 bits per heavy atom. The van der Waals surface area contributed by atoms with Gasteiger partial charge in [-0.1, -0.05) is 6.92 Å². The molecular weight excluding hydrogens is 162 g/mol. The molecule has 0 amide bonds. The van der Waals surface area contributed by atoms with Crippen LogP contribution in [0.5, 0.6) is 0 Å². The molecule has 0 aromatic heterocycles. The van der Waals surface area contributed by atoms with Crippen LogP contribution in [0.15, 0.2) is 0 Å². The normalized spacial score (nSPS) is 30.5. The number of nitriles is 1. The fourth-order valence-corrected chi connectivity index (χ4v) is 2.21. The van der Waals surface area contributed by atoms with E-state index in [0.29, 0.717) is 5.92 Å². The summed E-state index contributed by atoms with van der Waals surface area (Å²) in [5.41, 5.74) is 0. The summed E-state index contributed by atoms with van der Waals surface area (Å²) in [7, 11) is 0. The maximum atomic E-state index is 10.5. The van der Waals surface area contributed by atoms with E-state index in [0.717, 1.165) is 38.4 Å². The van der Waals surface area contributed by atoms with Crippen molar-refractivity contribution in [2.75, 3.05) is 0 Å². The minimum absolute atomic E-state index is 0.215. The largest absolute Gasteiger partial charge is 0.303 e. The molecule has 0 spiro atoms. The summed E-state index contributed by atoms with van der Waals surface area (Å²) >= 11 is 0. The van der Waals surface area contributed by atoms with Gasteiger partial charge in [-0.3, -0.25) is 0 Å². The highest BCUT2D eigenvalue weighted by Gasteiger charge is 2.26. The van der Waals surface area contributed by atoms with Crippen molar-refractivity contribution in [2.45, 2.75) is 39.0 Å². The Hall–Kier alpha value is -0.840. The lowest BCUT2D eigenvalue weighted by Crippen LogP contribution is -2.21. The monoisotopic (exact) mass is 179 g/mol. The van der Waals surface area contributed by atoms with Gasteiger partial charge in [-0.05, 0) is 38.0 Å². The lowest BCUT2D eigenvalue weighted by atomic mass is 9.76. The summed E-state index contributed by atoms with van der Waals surface area (Å²) in [4.78, 5) is 10.5. The molecule has 72 valence electrons. The lowest BCUT2D eigenvalue weighted by Gasteiger charge is -2.27. The molecule has 1 saturated carbocycles. The molecule has 1 atom stereocenters. The van der Waals surface area contributed by atoms with Crippen molar-refractivity contribution in [3.05, 3.63) is 0 Å². The van der Waals surface area contributed by atoms with E-state index >= 15 is 0 Å². The molecule has 0 heterocycles. The summed E-state index contributed by atoms with van der Waals surface area (Å²) in [6.45, 7) is 2.07. The molecule has 0 aromatic rings. The Bertz CT molecular complexity index is 199. The highest BCUT2D eigenvalue weighted by atomic mass is 16.1. The molecule has 2 heteroatoms. The van der Waals surface area contributed by atoms with Gasteiger partial charge in [0.15, 0.2) is 0 Å². The van der Waals surface area contributed by atoms with Gasteiger partial charge in [0.25, 0.3) is 0 Å². The van der Waals surface area contributed by atoms with E-state index in [1.54, 1.807) is 0 Å². The van der Waals surface area contributed by atoms with Gasteiger partial charge in [0.05, 0.1) is 6.07 Å². The minimum atomic E-state index is 0.215. The molecule has 1 aliphatic rings. The van der Waals surface area contributed by atoms with Crippen molar-refractivity contribution >= 4 is 6.29 Å². The summed E-state index contributed by atoms with van der Waals surface area (Å²) in [5, 5.41) is 8.88. The average Bonchev–Trinajstić information content (AvgIpc) is 2.21. The first-order valence-corrected chi connectivity index (χ1v) is 5.16. The second-order valence-electron chi connectivity index (χ2n) is 3.95. The molecule has 0 bridgehead atoms. The van der Waals surface area contributed by atoms with E-state index in [2.05, 4.69) is 13.0 Å². The van der Waals surface area contributed by atoms with E-state index in [9.17, 15) is 4.79 Å². The number of carbonyl (C=O) groups excluding carboxylic acids is 1. The minimum Gasteiger partial charge on any atom is -0.303 e. The summed E-state index contributed by atoms with van der Waals surface area (Å²) in [5.74, 6) is 1.03. The van der Waals surface area contributed by atoms with Gasteiger partial charge in [-0.25, -0.2) is 0 Å². The molecule has 0 aromatic carbocycles. The van der Waals surface area contributed by atoms with Crippen LogP contribution < -0.4 is 0 Å². The van der Waals surface area contributed by atoms with Crippen molar-refractivity contribution in [2.24, 2.45) is 17.8 Å². The smallest absolute Gasteiger partial charge is 0.123 e. The lowest BCUT2D eigenvalue weighted by molar-refractivity contribution is -0.112. The van der Waals surface area contributed by atoms with Crippen LogP contribution in [0.3, 0.4) is 0 Å². The topological polar surface area (TPSA) is 40.9 Å². The van der Waals surface area contributed by atoms with E-state index in [1.807, 2.05) is 0 Å². The first-order chi connectivity index (χ1) is 6.31. The van der Waals surface area contributed by atoms with Crippen LogP contribution in [0.25, 0.3) is 0 Å². The van der Waals surface area contributed by atoms with E-state index in [4.69, 9.17) is 5.26 Å². The number of carbonyl (C=O) groups is 1. The Morgan fingerprint density at radius 1 is 1.46 bits per heavy atom. The third-order valence-electron chi connectivity index (χ3n) is 3.18. The van der Waals surface area contributed by atoms with Gasteiger partial charge >= 0.3 is 0 Å². The number of nitrogens with zero attached hydrogens (tertiary/aromatic N) is 1. The SMILES string of the molecule is CCC(C#N)C1CCC(C=O)CC1. The summed E-state index contributed by atoms with van der Waals surface area (Å²) < 4.78 is 0. The summed E-state index contributed by atoms with van der Waals surface area (Å²) in [6, 6.07) is 2.37. The van der Waals surface area contributed by atoms with Gasteiger partial charge in [-0.2, -0.15) is 5.26 Å². The predicted octanol–water partition coefficient (Wildman–Crippen LogP) is 2.54. The van der Waals surface area contributed by atoms with Crippen molar-refractivity contribution in [1.29, 1.82) is 5.26 Å². The zero-order valence-electron chi connectivity index (χ0n) is 8.20. The van der Waals surface area contributed by atoms with Crippen LogP contribution in [0.1, 0.15) is 39.0 Å². The van der Waals surface area contributed by atoms with E-state index in [-0.39, 0.29) is 11.8 Å². The number of aldehydes is 1. The zero-order chi connectivity index (χ0) is 9.68. The van der Waals surface area contributed by atoms with Crippen LogP contribution in [-0.4, -0.2) is 6.29 Å². The van der Waals surface area contributed by atoms with Gasteiger partial charge in [0, 0.05) is 11.8 Å². The van der Waals surface area contributed by atoms with Crippen LogP contribution in [0, 0.1) is 29.1 Å². The Balaban J connectivity index is 2.40. The molecular formula is C11H17NO. The molecule has 2 nitrogen and oxygen atoms in total. The summed E-state index contributed by atoms with van der Waals surface area (Å²) in [6.07, 6.45) is 6.14. The second kappa shape index (κ2) is 5.01. The molecule has 0 radical (unpaired) electrons. The zero-order valence-corrected chi connectivity index (χ0v) is 8.20.